The summed E-state index contributed by atoms with van der Waals surface area (Å²) in [7, 11) is 0. The van der Waals surface area contributed by atoms with Crippen molar-refractivity contribution in [2.24, 2.45) is 0 Å². The average Bonchev–Trinajstić information content (AvgIpc) is 2.77. The van der Waals surface area contributed by atoms with Gasteiger partial charge in [-0.1, -0.05) is 26.8 Å². The van der Waals surface area contributed by atoms with Gasteiger partial charge in [-0.15, -0.1) is 11.3 Å². The molecule has 0 saturated carbocycles. The van der Waals surface area contributed by atoms with Crippen LogP contribution in [-0.4, -0.2) is 10.1 Å². The Bertz CT molecular complexity index is 543. The van der Waals surface area contributed by atoms with E-state index in [2.05, 4.69) is 31.8 Å². The van der Waals surface area contributed by atoms with Gasteiger partial charge in [-0.3, -0.25) is 0 Å². The van der Waals surface area contributed by atoms with E-state index in [1.54, 1.807) is 23.6 Å². The van der Waals surface area contributed by atoms with E-state index in [9.17, 15) is 5.11 Å². The number of nitrogens with two attached hydrogens (primary N) is 1. The summed E-state index contributed by atoms with van der Waals surface area (Å²) in [5.74, 6) is 0.385. The number of nitrogens with zero attached hydrogens (tertiary/aromatic N) is 1. The molecule has 2 heterocycles. The van der Waals surface area contributed by atoms with Crippen molar-refractivity contribution < 1.29 is 5.11 Å². The van der Waals surface area contributed by atoms with Gasteiger partial charge in [0.1, 0.15) is 11.9 Å². The predicted molar refractivity (Wildman–Crippen MR) is 75.7 cm³/mol. The lowest BCUT2D eigenvalue weighted by atomic mass is 9.95. The van der Waals surface area contributed by atoms with Crippen molar-refractivity contribution in [1.29, 1.82) is 0 Å². The second-order valence-corrected chi connectivity index (χ2v) is 6.45. The van der Waals surface area contributed by atoms with Gasteiger partial charge in [0.15, 0.2) is 0 Å². The third-order valence-corrected chi connectivity index (χ3v) is 4.36. The molecule has 0 aliphatic heterocycles. The van der Waals surface area contributed by atoms with Gasteiger partial charge in [-0.05, 0) is 23.6 Å². The summed E-state index contributed by atoms with van der Waals surface area (Å²) in [6, 6.07) is 7.62. The molecule has 0 fully saturated rings. The predicted octanol–water partition coefficient (Wildman–Crippen LogP) is 3.10. The third-order valence-electron chi connectivity index (χ3n) is 2.80. The molecule has 3 nitrogen and oxygen atoms in total. The van der Waals surface area contributed by atoms with E-state index in [1.165, 1.54) is 4.88 Å². The highest BCUT2D eigenvalue weighted by Gasteiger charge is 2.20. The number of hydrogen-bond donors (Lipinski definition) is 2. The van der Waals surface area contributed by atoms with Gasteiger partial charge in [0.05, 0.1) is 0 Å². The zero-order valence-corrected chi connectivity index (χ0v) is 11.7. The first-order valence-electron chi connectivity index (χ1n) is 5.88. The van der Waals surface area contributed by atoms with Gasteiger partial charge >= 0.3 is 0 Å². The van der Waals surface area contributed by atoms with Crippen LogP contribution in [0.5, 0.6) is 0 Å². The molecule has 1 atom stereocenters. The smallest absolute Gasteiger partial charge is 0.129 e. The molecule has 0 spiro atoms. The minimum Gasteiger partial charge on any atom is -0.383 e. The number of hydrogen-bond acceptors (Lipinski definition) is 4. The van der Waals surface area contributed by atoms with Gasteiger partial charge in [-0.25, -0.2) is 4.98 Å². The van der Waals surface area contributed by atoms with E-state index in [0.717, 1.165) is 4.88 Å². The van der Waals surface area contributed by atoms with E-state index < -0.39 is 6.10 Å². The van der Waals surface area contributed by atoms with Crippen molar-refractivity contribution in [1.82, 2.24) is 4.98 Å². The first-order chi connectivity index (χ1) is 8.39. The largest absolute Gasteiger partial charge is 0.383 e. The summed E-state index contributed by atoms with van der Waals surface area (Å²) in [6.07, 6.45) is 0.931. The Morgan fingerprint density at radius 3 is 2.56 bits per heavy atom. The second kappa shape index (κ2) is 4.71. The zero-order valence-electron chi connectivity index (χ0n) is 10.8. The first-order valence-corrected chi connectivity index (χ1v) is 6.70. The van der Waals surface area contributed by atoms with E-state index in [0.29, 0.717) is 11.4 Å². The van der Waals surface area contributed by atoms with Crippen LogP contribution in [0.1, 0.15) is 42.2 Å². The molecule has 3 N–H and O–H groups in total. The van der Waals surface area contributed by atoms with Crippen LogP contribution in [0.4, 0.5) is 5.82 Å². The highest BCUT2D eigenvalue weighted by molar-refractivity contribution is 7.12. The van der Waals surface area contributed by atoms with Crippen LogP contribution < -0.4 is 5.73 Å². The number of aromatic nitrogens is 1. The molecule has 0 bridgehead atoms. The minimum absolute atomic E-state index is 0.100. The summed E-state index contributed by atoms with van der Waals surface area (Å²) in [4.78, 5) is 6.16. The van der Waals surface area contributed by atoms with Crippen molar-refractivity contribution in [3.8, 4) is 0 Å². The molecule has 2 aromatic rings. The maximum Gasteiger partial charge on any atom is 0.129 e. The van der Waals surface area contributed by atoms with Gasteiger partial charge < -0.3 is 10.8 Å². The van der Waals surface area contributed by atoms with E-state index >= 15 is 0 Å². The molecule has 1 unspecified atom stereocenters. The summed E-state index contributed by atoms with van der Waals surface area (Å²) in [5.41, 5.74) is 6.55. The molecule has 2 rings (SSSR count). The van der Waals surface area contributed by atoms with Crippen LogP contribution >= 0.6 is 11.3 Å². The van der Waals surface area contributed by atoms with Gasteiger partial charge in [0.2, 0.25) is 0 Å². The number of pyridine rings is 1. The van der Waals surface area contributed by atoms with Gasteiger partial charge in [0, 0.05) is 21.5 Å². The summed E-state index contributed by atoms with van der Waals surface area (Å²) < 4.78 is 0. The third kappa shape index (κ3) is 2.54. The van der Waals surface area contributed by atoms with Crippen molar-refractivity contribution in [3.05, 3.63) is 45.8 Å². The summed E-state index contributed by atoms with van der Waals surface area (Å²) >= 11 is 1.62. The molecule has 0 amide bonds. The maximum absolute atomic E-state index is 10.3. The maximum atomic E-state index is 10.3. The number of rotatable bonds is 2. The monoisotopic (exact) mass is 262 g/mol. The number of anilines is 1. The first kappa shape index (κ1) is 13.1. The molecule has 0 saturated heterocycles. The Hall–Kier alpha value is -1.39. The molecule has 96 valence electrons. The molecule has 0 aliphatic rings. The second-order valence-electron chi connectivity index (χ2n) is 5.33. The van der Waals surface area contributed by atoms with Crippen LogP contribution in [0.3, 0.4) is 0 Å². The van der Waals surface area contributed by atoms with Crippen molar-refractivity contribution in [2.75, 3.05) is 5.73 Å². The fraction of sp³-hybridized carbons (Fsp3) is 0.357. The molecule has 18 heavy (non-hydrogen) atoms. The Morgan fingerprint density at radius 2 is 2.00 bits per heavy atom. The number of aliphatic hydroxyl groups is 1. The Kier molecular flexibility index (Phi) is 3.41. The quantitative estimate of drug-likeness (QED) is 0.874. The molecule has 2 aromatic heterocycles. The number of nitrogen functional groups attached to an aromatic ring is 1. The standard InChI is InChI=1S/C14H18N2OS/c1-14(2,3)11-7-6-10(18-11)12(17)9-5-4-8-16-13(9)15/h4-8,12,17H,1-3H3,(H2,15,16). The molecule has 4 heteroatoms. The Labute approximate surface area is 111 Å². The van der Waals surface area contributed by atoms with E-state index in [-0.39, 0.29) is 5.41 Å². The lowest BCUT2D eigenvalue weighted by Gasteiger charge is -2.16. The van der Waals surface area contributed by atoms with Crippen LogP contribution in [0, 0.1) is 0 Å². The normalized spacial score (nSPS) is 13.6. The van der Waals surface area contributed by atoms with E-state index in [4.69, 9.17) is 5.73 Å². The molecule has 0 aliphatic carbocycles. The van der Waals surface area contributed by atoms with Crippen LogP contribution in [-0.2, 0) is 5.41 Å². The average molecular weight is 262 g/mol. The Morgan fingerprint density at radius 1 is 1.28 bits per heavy atom. The van der Waals surface area contributed by atoms with Crippen LogP contribution in [0.25, 0.3) is 0 Å². The number of aliphatic hydroxyl groups excluding tert-OH is 1. The van der Waals surface area contributed by atoms with Crippen molar-refractivity contribution in [3.63, 3.8) is 0 Å². The SMILES string of the molecule is CC(C)(C)c1ccc(C(O)c2cccnc2N)s1. The summed E-state index contributed by atoms with van der Waals surface area (Å²) in [5, 5.41) is 10.3. The topological polar surface area (TPSA) is 59.1 Å². The van der Waals surface area contributed by atoms with Crippen molar-refractivity contribution in [2.45, 2.75) is 32.3 Å². The highest BCUT2D eigenvalue weighted by atomic mass is 32.1. The van der Waals surface area contributed by atoms with E-state index in [1.807, 2.05) is 12.1 Å². The minimum atomic E-state index is -0.695. The van der Waals surface area contributed by atoms with Crippen LogP contribution in [0.15, 0.2) is 30.5 Å². The van der Waals surface area contributed by atoms with Gasteiger partial charge in [0.25, 0.3) is 0 Å². The zero-order chi connectivity index (χ0) is 13.3. The van der Waals surface area contributed by atoms with Crippen molar-refractivity contribution >= 4 is 17.2 Å². The molecule has 0 radical (unpaired) electrons. The molecule has 0 aromatic carbocycles. The lowest BCUT2D eigenvalue weighted by Crippen LogP contribution is -2.08. The van der Waals surface area contributed by atoms with Crippen LogP contribution in [0.2, 0.25) is 0 Å². The highest BCUT2D eigenvalue weighted by Crippen LogP contribution is 2.35. The molecular formula is C14H18N2OS. The van der Waals surface area contributed by atoms with Gasteiger partial charge in [-0.2, -0.15) is 0 Å². The fourth-order valence-electron chi connectivity index (χ4n) is 1.72. The Balaban J connectivity index is 2.33. The lowest BCUT2D eigenvalue weighted by molar-refractivity contribution is 0.224. The number of thiophene rings is 1. The summed E-state index contributed by atoms with van der Waals surface area (Å²) in [6.45, 7) is 6.48. The fourth-order valence-corrected chi connectivity index (χ4v) is 2.79. The molecular weight excluding hydrogens is 244 g/mol.